The van der Waals surface area contributed by atoms with Crippen molar-refractivity contribution in [2.45, 2.75) is 6.42 Å². The van der Waals surface area contributed by atoms with Gasteiger partial charge >= 0.3 is 0 Å². The summed E-state index contributed by atoms with van der Waals surface area (Å²) in [5.74, 6) is 0.388. The SMILES string of the molecule is Cn1nnnc1CC(=O)Nc1ccc(N2CCOCC2)cc1. The zero-order valence-corrected chi connectivity index (χ0v) is 12.4. The molecule has 1 fully saturated rings. The van der Waals surface area contributed by atoms with Crippen LogP contribution in [0, 0.1) is 0 Å². The van der Waals surface area contributed by atoms with Gasteiger partial charge in [0.05, 0.1) is 19.6 Å². The second-order valence-corrected chi connectivity index (χ2v) is 5.09. The minimum absolute atomic E-state index is 0.142. The van der Waals surface area contributed by atoms with Gasteiger partial charge in [-0.2, -0.15) is 0 Å². The van der Waals surface area contributed by atoms with E-state index in [-0.39, 0.29) is 12.3 Å². The molecule has 0 unspecified atom stereocenters. The topological polar surface area (TPSA) is 85.2 Å². The van der Waals surface area contributed by atoms with Gasteiger partial charge in [-0.3, -0.25) is 4.79 Å². The maximum absolute atomic E-state index is 12.0. The highest BCUT2D eigenvalue weighted by atomic mass is 16.5. The number of nitrogens with zero attached hydrogens (tertiary/aromatic N) is 5. The monoisotopic (exact) mass is 302 g/mol. The van der Waals surface area contributed by atoms with Gasteiger partial charge in [-0.1, -0.05) is 0 Å². The molecule has 2 aromatic rings. The zero-order valence-electron chi connectivity index (χ0n) is 12.4. The van der Waals surface area contributed by atoms with Crippen LogP contribution in [0.1, 0.15) is 5.82 Å². The van der Waals surface area contributed by atoms with Gasteiger partial charge in [0.15, 0.2) is 5.82 Å². The van der Waals surface area contributed by atoms with Gasteiger partial charge in [-0.15, -0.1) is 5.10 Å². The van der Waals surface area contributed by atoms with E-state index in [1.807, 2.05) is 24.3 Å². The molecule has 1 aliphatic rings. The molecule has 1 amide bonds. The number of hydrogen-bond donors (Lipinski definition) is 1. The molecule has 0 spiro atoms. The Bertz CT molecular complexity index is 633. The summed E-state index contributed by atoms with van der Waals surface area (Å²) in [4.78, 5) is 14.2. The van der Waals surface area contributed by atoms with Crippen molar-refractivity contribution in [1.82, 2.24) is 20.2 Å². The van der Waals surface area contributed by atoms with E-state index in [0.717, 1.165) is 37.7 Å². The Balaban J connectivity index is 1.58. The molecule has 0 atom stereocenters. The van der Waals surface area contributed by atoms with Crippen LogP contribution in [0.15, 0.2) is 24.3 Å². The standard InChI is InChI=1S/C14H18N6O2/c1-19-13(16-17-18-19)10-14(21)15-11-2-4-12(5-3-11)20-6-8-22-9-7-20/h2-5H,6-10H2,1H3,(H,15,21). The molecule has 1 aliphatic heterocycles. The summed E-state index contributed by atoms with van der Waals surface area (Å²) >= 11 is 0. The number of carbonyl (C=O) groups excluding carboxylic acids is 1. The molecule has 8 nitrogen and oxygen atoms in total. The summed E-state index contributed by atoms with van der Waals surface area (Å²) in [6.45, 7) is 3.30. The van der Waals surface area contributed by atoms with E-state index < -0.39 is 0 Å². The fourth-order valence-electron chi connectivity index (χ4n) is 2.32. The van der Waals surface area contributed by atoms with Crippen LogP contribution in [-0.2, 0) is 23.0 Å². The van der Waals surface area contributed by atoms with E-state index in [0.29, 0.717) is 5.82 Å². The second-order valence-electron chi connectivity index (χ2n) is 5.09. The van der Waals surface area contributed by atoms with Crippen LogP contribution in [0.5, 0.6) is 0 Å². The predicted molar refractivity (Wildman–Crippen MR) is 80.6 cm³/mol. The highest BCUT2D eigenvalue weighted by molar-refractivity contribution is 5.92. The zero-order chi connectivity index (χ0) is 15.4. The number of anilines is 2. The molecule has 0 bridgehead atoms. The number of benzene rings is 1. The van der Waals surface area contributed by atoms with Gasteiger partial charge in [-0.05, 0) is 34.7 Å². The molecule has 1 aromatic heterocycles. The Kier molecular flexibility index (Phi) is 4.29. The summed E-state index contributed by atoms with van der Waals surface area (Å²) < 4.78 is 6.83. The average Bonchev–Trinajstić information content (AvgIpc) is 2.94. The molecule has 8 heteroatoms. The third kappa shape index (κ3) is 3.40. The number of aromatic nitrogens is 4. The largest absolute Gasteiger partial charge is 0.378 e. The van der Waals surface area contributed by atoms with Crippen molar-refractivity contribution in [2.24, 2.45) is 7.05 Å². The highest BCUT2D eigenvalue weighted by Gasteiger charge is 2.12. The summed E-state index contributed by atoms with van der Waals surface area (Å²) in [6, 6.07) is 7.81. The van der Waals surface area contributed by atoms with Crippen molar-refractivity contribution in [1.29, 1.82) is 0 Å². The number of rotatable bonds is 4. The number of hydrogen-bond acceptors (Lipinski definition) is 6. The van der Waals surface area contributed by atoms with E-state index in [1.165, 1.54) is 4.68 Å². The number of carbonyl (C=O) groups is 1. The Hall–Kier alpha value is -2.48. The smallest absolute Gasteiger partial charge is 0.232 e. The molecule has 116 valence electrons. The lowest BCUT2D eigenvalue weighted by atomic mass is 10.2. The van der Waals surface area contributed by atoms with Crippen LogP contribution in [0.25, 0.3) is 0 Å². The van der Waals surface area contributed by atoms with E-state index in [4.69, 9.17) is 4.74 Å². The van der Waals surface area contributed by atoms with Gasteiger partial charge < -0.3 is 15.0 Å². The van der Waals surface area contributed by atoms with Crippen LogP contribution >= 0.6 is 0 Å². The van der Waals surface area contributed by atoms with Gasteiger partial charge in [0, 0.05) is 31.5 Å². The van der Waals surface area contributed by atoms with Gasteiger partial charge in [0.25, 0.3) is 0 Å². The van der Waals surface area contributed by atoms with Crippen molar-refractivity contribution >= 4 is 17.3 Å². The summed E-state index contributed by atoms with van der Waals surface area (Å²) in [7, 11) is 1.71. The lowest BCUT2D eigenvalue weighted by Crippen LogP contribution is -2.36. The highest BCUT2D eigenvalue weighted by Crippen LogP contribution is 2.19. The van der Waals surface area contributed by atoms with Gasteiger partial charge in [0.1, 0.15) is 0 Å². The van der Waals surface area contributed by atoms with Crippen LogP contribution in [-0.4, -0.2) is 52.4 Å². The fourth-order valence-corrected chi connectivity index (χ4v) is 2.32. The number of tetrazole rings is 1. The number of nitrogens with one attached hydrogen (secondary N) is 1. The quantitative estimate of drug-likeness (QED) is 0.870. The van der Waals surface area contributed by atoms with Gasteiger partial charge in [0.2, 0.25) is 5.91 Å². The minimum atomic E-state index is -0.142. The first-order chi connectivity index (χ1) is 10.7. The Morgan fingerprint density at radius 3 is 2.64 bits per heavy atom. The molecule has 0 radical (unpaired) electrons. The van der Waals surface area contributed by atoms with Crippen molar-refractivity contribution in [3.63, 3.8) is 0 Å². The summed E-state index contributed by atoms with van der Waals surface area (Å²) in [5, 5.41) is 13.9. The predicted octanol–water partition coefficient (Wildman–Crippen LogP) is 0.228. The van der Waals surface area contributed by atoms with Crippen LogP contribution in [0.3, 0.4) is 0 Å². The lowest BCUT2D eigenvalue weighted by molar-refractivity contribution is -0.115. The van der Waals surface area contributed by atoms with E-state index in [9.17, 15) is 4.79 Å². The lowest BCUT2D eigenvalue weighted by Gasteiger charge is -2.28. The normalized spacial score (nSPS) is 14.9. The number of ether oxygens (including phenoxy) is 1. The first-order valence-corrected chi connectivity index (χ1v) is 7.16. The van der Waals surface area contributed by atoms with Gasteiger partial charge in [-0.25, -0.2) is 4.68 Å². The van der Waals surface area contributed by atoms with Crippen LogP contribution in [0.2, 0.25) is 0 Å². The molecule has 1 saturated heterocycles. The minimum Gasteiger partial charge on any atom is -0.378 e. The number of amides is 1. The molecule has 0 saturated carbocycles. The first-order valence-electron chi connectivity index (χ1n) is 7.16. The van der Waals surface area contributed by atoms with Crippen molar-refractivity contribution in [2.75, 3.05) is 36.5 Å². The number of morpholine rings is 1. The second kappa shape index (κ2) is 6.52. The average molecular weight is 302 g/mol. The van der Waals surface area contributed by atoms with Crippen molar-refractivity contribution in [3.8, 4) is 0 Å². The van der Waals surface area contributed by atoms with E-state index >= 15 is 0 Å². The van der Waals surface area contributed by atoms with Crippen molar-refractivity contribution < 1.29 is 9.53 Å². The number of aryl methyl sites for hydroxylation is 1. The molecule has 2 heterocycles. The van der Waals surface area contributed by atoms with E-state index in [1.54, 1.807) is 7.05 Å². The Morgan fingerprint density at radius 2 is 2.00 bits per heavy atom. The van der Waals surface area contributed by atoms with E-state index in [2.05, 4.69) is 25.7 Å². The maximum atomic E-state index is 12.0. The molecule has 1 aromatic carbocycles. The summed E-state index contributed by atoms with van der Waals surface area (Å²) in [6.07, 6.45) is 0.148. The molecule has 3 rings (SSSR count). The third-order valence-electron chi connectivity index (χ3n) is 3.55. The van der Waals surface area contributed by atoms with Crippen LogP contribution < -0.4 is 10.2 Å². The molecular formula is C14H18N6O2. The van der Waals surface area contributed by atoms with Crippen LogP contribution in [0.4, 0.5) is 11.4 Å². The third-order valence-corrected chi connectivity index (χ3v) is 3.55. The molecule has 22 heavy (non-hydrogen) atoms. The Morgan fingerprint density at radius 1 is 1.27 bits per heavy atom. The molecule has 0 aliphatic carbocycles. The fraction of sp³-hybridized carbons (Fsp3) is 0.429. The summed E-state index contributed by atoms with van der Waals surface area (Å²) in [5.41, 5.74) is 1.90. The molecule has 1 N–H and O–H groups in total. The Labute approximate surface area is 128 Å². The van der Waals surface area contributed by atoms with Crippen molar-refractivity contribution in [3.05, 3.63) is 30.1 Å². The molecular weight excluding hydrogens is 284 g/mol. The maximum Gasteiger partial charge on any atom is 0.232 e. The first kappa shape index (κ1) is 14.5.